The SMILES string of the molecule is NC(=O)c1ccc(CNC(=O)c2ccc3c(c2)CC(=O)N3)cc1. The second kappa shape index (κ2) is 5.92. The molecule has 116 valence electrons. The fourth-order valence-corrected chi connectivity index (χ4v) is 2.44. The number of carbonyl (C=O) groups is 3. The van der Waals surface area contributed by atoms with Crippen LogP contribution in [0.2, 0.25) is 0 Å². The first-order valence-electron chi connectivity index (χ1n) is 7.12. The lowest BCUT2D eigenvalue weighted by Gasteiger charge is -2.07. The molecule has 6 heteroatoms. The number of primary amides is 1. The summed E-state index contributed by atoms with van der Waals surface area (Å²) in [5.41, 5.74) is 8.56. The summed E-state index contributed by atoms with van der Waals surface area (Å²) in [6.45, 7) is 0.339. The number of hydrogen-bond donors (Lipinski definition) is 3. The van der Waals surface area contributed by atoms with E-state index in [9.17, 15) is 14.4 Å². The van der Waals surface area contributed by atoms with Gasteiger partial charge in [-0.2, -0.15) is 0 Å². The van der Waals surface area contributed by atoms with Crippen LogP contribution in [-0.4, -0.2) is 17.7 Å². The zero-order valence-corrected chi connectivity index (χ0v) is 12.3. The number of fused-ring (bicyclic) bond motifs is 1. The Morgan fingerprint density at radius 3 is 2.48 bits per heavy atom. The second-order valence-electron chi connectivity index (χ2n) is 5.34. The minimum Gasteiger partial charge on any atom is -0.366 e. The van der Waals surface area contributed by atoms with E-state index in [1.807, 2.05) is 0 Å². The van der Waals surface area contributed by atoms with Gasteiger partial charge in [-0.25, -0.2) is 0 Å². The number of anilines is 1. The minimum absolute atomic E-state index is 0.0629. The Kier molecular flexibility index (Phi) is 3.80. The fourth-order valence-electron chi connectivity index (χ4n) is 2.44. The van der Waals surface area contributed by atoms with Gasteiger partial charge in [0.15, 0.2) is 0 Å². The highest BCUT2D eigenvalue weighted by molar-refractivity contribution is 6.01. The first-order valence-corrected chi connectivity index (χ1v) is 7.12. The van der Waals surface area contributed by atoms with Crippen LogP contribution in [0.1, 0.15) is 31.8 Å². The third-order valence-electron chi connectivity index (χ3n) is 3.68. The van der Waals surface area contributed by atoms with Gasteiger partial charge in [0, 0.05) is 23.4 Å². The van der Waals surface area contributed by atoms with Gasteiger partial charge in [-0.05, 0) is 41.5 Å². The molecule has 0 aliphatic carbocycles. The molecule has 0 saturated carbocycles. The van der Waals surface area contributed by atoms with Gasteiger partial charge in [0.25, 0.3) is 5.91 Å². The molecule has 1 aliphatic rings. The van der Waals surface area contributed by atoms with Crippen molar-refractivity contribution in [2.75, 3.05) is 5.32 Å². The summed E-state index contributed by atoms with van der Waals surface area (Å²) in [7, 11) is 0. The number of benzene rings is 2. The molecule has 0 aromatic heterocycles. The summed E-state index contributed by atoms with van der Waals surface area (Å²) in [6, 6.07) is 11.9. The molecule has 3 amide bonds. The van der Waals surface area contributed by atoms with Gasteiger partial charge in [0.2, 0.25) is 11.8 Å². The number of carbonyl (C=O) groups excluding carboxylic acids is 3. The van der Waals surface area contributed by atoms with Crippen molar-refractivity contribution < 1.29 is 14.4 Å². The molecule has 3 rings (SSSR count). The van der Waals surface area contributed by atoms with Crippen LogP contribution < -0.4 is 16.4 Å². The second-order valence-corrected chi connectivity index (χ2v) is 5.34. The van der Waals surface area contributed by atoms with E-state index in [0.717, 1.165) is 16.8 Å². The zero-order valence-electron chi connectivity index (χ0n) is 12.3. The van der Waals surface area contributed by atoms with Crippen LogP contribution in [0.25, 0.3) is 0 Å². The summed E-state index contributed by atoms with van der Waals surface area (Å²) in [6.07, 6.45) is 0.297. The molecule has 0 fully saturated rings. The van der Waals surface area contributed by atoms with E-state index in [-0.39, 0.29) is 11.8 Å². The van der Waals surface area contributed by atoms with E-state index in [0.29, 0.717) is 24.1 Å². The molecule has 1 heterocycles. The van der Waals surface area contributed by atoms with E-state index >= 15 is 0 Å². The van der Waals surface area contributed by atoms with Crippen molar-refractivity contribution in [1.82, 2.24) is 5.32 Å². The van der Waals surface area contributed by atoms with Crippen molar-refractivity contribution in [3.8, 4) is 0 Å². The van der Waals surface area contributed by atoms with E-state index in [2.05, 4.69) is 10.6 Å². The minimum atomic E-state index is -0.484. The lowest BCUT2D eigenvalue weighted by atomic mass is 10.1. The summed E-state index contributed by atoms with van der Waals surface area (Å²) in [5.74, 6) is -0.764. The Labute approximate surface area is 132 Å². The van der Waals surface area contributed by atoms with Crippen molar-refractivity contribution in [2.24, 2.45) is 5.73 Å². The van der Waals surface area contributed by atoms with Gasteiger partial charge < -0.3 is 16.4 Å². The van der Waals surface area contributed by atoms with Crippen LogP contribution in [-0.2, 0) is 17.8 Å². The molecule has 0 saturated heterocycles. The molecule has 2 aromatic rings. The van der Waals surface area contributed by atoms with E-state index < -0.39 is 5.91 Å². The first kappa shape index (κ1) is 14.8. The summed E-state index contributed by atoms with van der Waals surface area (Å²) in [5, 5.41) is 5.53. The Morgan fingerprint density at radius 1 is 1.09 bits per heavy atom. The van der Waals surface area contributed by atoms with E-state index in [4.69, 9.17) is 5.73 Å². The molecule has 0 spiro atoms. The average Bonchev–Trinajstić information content (AvgIpc) is 2.92. The maximum atomic E-state index is 12.2. The molecule has 0 radical (unpaired) electrons. The topological polar surface area (TPSA) is 101 Å². The first-order chi connectivity index (χ1) is 11.0. The van der Waals surface area contributed by atoms with Crippen molar-refractivity contribution in [3.63, 3.8) is 0 Å². The van der Waals surface area contributed by atoms with Crippen LogP contribution >= 0.6 is 0 Å². The Balaban J connectivity index is 1.64. The molecular weight excluding hydrogens is 294 g/mol. The van der Waals surface area contributed by atoms with Gasteiger partial charge in [0.1, 0.15) is 0 Å². The molecule has 0 bridgehead atoms. The highest BCUT2D eigenvalue weighted by Crippen LogP contribution is 2.23. The van der Waals surface area contributed by atoms with E-state index in [1.165, 1.54) is 0 Å². The molecule has 2 aromatic carbocycles. The molecule has 0 unspecified atom stereocenters. The average molecular weight is 309 g/mol. The third-order valence-corrected chi connectivity index (χ3v) is 3.68. The van der Waals surface area contributed by atoms with Crippen LogP contribution in [0.15, 0.2) is 42.5 Å². The molecule has 23 heavy (non-hydrogen) atoms. The van der Waals surface area contributed by atoms with Crippen LogP contribution in [0, 0.1) is 0 Å². The summed E-state index contributed by atoms with van der Waals surface area (Å²) in [4.78, 5) is 34.5. The smallest absolute Gasteiger partial charge is 0.251 e. The van der Waals surface area contributed by atoms with Gasteiger partial charge in [0.05, 0.1) is 6.42 Å². The Bertz CT molecular complexity index is 797. The largest absolute Gasteiger partial charge is 0.366 e. The van der Waals surface area contributed by atoms with Gasteiger partial charge in [-0.1, -0.05) is 12.1 Å². The molecule has 4 N–H and O–H groups in total. The highest BCUT2D eigenvalue weighted by Gasteiger charge is 2.19. The van der Waals surface area contributed by atoms with Crippen molar-refractivity contribution in [3.05, 3.63) is 64.7 Å². The number of rotatable bonds is 4. The van der Waals surface area contributed by atoms with Crippen LogP contribution in [0.4, 0.5) is 5.69 Å². The van der Waals surface area contributed by atoms with Crippen LogP contribution in [0.5, 0.6) is 0 Å². The standard InChI is InChI=1S/C17H15N3O3/c18-16(22)11-3-1-10(2-4-11)9-19-17(23)12-5-6-14-13(7-12)8-15(21)20-14/h1-7H,8-9H2,(H2,18,22)(H,19,23)(H,20,21). The zero-order chi connectivity index (χ0) is 16.4. The molecule has 0 atom stereocenters. The van der Waals surface area contributed by atoms with Gasteiger partial charge >= 0.3 is 0 Å². The Hall–Kier alpha value is -3.15. The summed E-state index contributed by atoms with van der Waals surface area (Å²) < 4.78 is 0. The van der Waals surface area contributed by atoms with Crippen molar-refractivity contribution in [1.29, 1.82) is 0 Å². The number of hydrogen-bond acceptors (Lipinski definition) is 3. The molecule has 1 aliphatic heterocycles. The number of nitrogens with one attached hydrogen (secondary N) is 2. The number of amides is 3. The Morgan fingerprint density at radius 2 is 1.78 bits per heavy atom. The maximum Gasteiger partial charge on any atom is 0.251 e. The van der Waals surface area contributed by atoms with Crippen molar-refractivity contribution in [2.45, 2.75) is 13.0 Å². The van der Waals surface area contributed by atoms with E-state index in [1.54, 1.807) is 42.5 Å². The van der Waals surface area contributed by atoms with Gasteiger partial charge in [-0.15, -0.1) is 0 Å². The van der Waals surface area contributed by atoms with Crippen molar-refractivity contribution >= 4 is 23.4 Å². The normalized spacial score (nSPS) is 12.4. The lowest BCUT2D eigenvalue weighted by molar-refractivity contribution is -0.115. The van der Waals surface area contributed by atoms with Gasteiger partial charge in [-0.3, -0.25) is 14.4 Å². The summed E-state index contributed by atoms with van der Waals surface area (Å²) >= 11 is 0. The maximum absolute atomic E-state index is 12.2. The van der Waals surface area contributed by atoms with Crippen LogP contribution in [0.3, 0.4) is 0 Å². The third kappa shape index (κ3) is 3.21. The lowest BCUT2D eigenvalue weighted by Crippen LogP contribution is -2.23. The highest BCUT2D eigenvalue weighted by atomic mass is 16.2. The quantitative estimate of drug-likeness (QED) is 0.791. The fraction of sp³-hybridized carbons (Fsp3) is 0.118. The monoisotopic (exact) mass is 309 g/mol. The predicted octanol–water partition coefficient (Wildman–Crippen LogP) is 1.21. The number of nitrogens with two attached hydrogens (primary N) is 1. The molecule has 6 nitrogen and oxygen atoms in total. The predicted molar refractivity (Wildman–Crippen MR) is 84.9 cm³/mol. The molecular formula is C17H15N3O3.